The van der Waals surface area contributed by atoms with Gasteiger partial charge in [-0.3, -0.25) is 4.79 Å². The van der Waals surface area contributed by atoms with Gasteiger partial charge < -0.3 is 10.6 Å². The summed E-state index contributed by atoms with van der Waals surface area (Å²) in [5.41, 5.74) is 0. The molecule has 1 aromatic heterocycles. The maximum Gasteiger partial charge on any atom is 0.230 e. The molecule has 17 heavy (non-hydrogen) atoms. The number of carbonyl (C=O) groups is 1. The summed E-state index contributed by atoms with van der Waals surface area (Å²) in [4.78, 5) is 11.5. The Kier molecular flexibility index (Phi) is 4.61. The molecular formula is C10H16N4OS2. The third-order valence-electron chi connectivity index (χ3n) is 2.20. The van der Waals surface area contributed by atoms with Gasteiger partial charge in [0.05, 0.1) is 5.75 Å². The van der Waals surface area contributed by atoms with E-state index in [0.29, 0.717) is 11.8 Å². The molecule has 1 saturated carbocycles. The van der Waals surface area contributed by atoms with Gasteiger partial charge in [0.15, 0.2) is 4.34 Å². The molecule has 2 rings (SSSR count). The Morgan fingerprint density at radius 3 is 3.06 bits per heavy atom. The van der Waals surface area contributed by atoms with Crippen LogP contribution in [0, 0.1) is 0 Å². The van der Waals surface area contributed by atoms with Crippen molar-refractivity contribution in [2.24, 2.45) is 0 Å². The van der Waals surface area contributed by atoms with Crippen LogP contribution in [0.15, 0.2) is 4.34 Å². The molecule has 1 aliphatic carbocycles. The van der Waals surface area contributed by atoms with E-state index in [9.17, 15) is 4.79 Å². The van der Waals surface area contributed by atoms with Gasteiger partial charge in [0.1, 0.15) is 0 Å². The first kappa shape index (κ1) is 12.6. The van der Waals surface area contributed by atoms with E-state index in [4.69, 9.17) is 0 Å². The van der Waals surface area contributed by atoms with Crippen LogP contribution < -0.4 is 10.6 Å². The van der Waals surface area contributed by atoms with Crippen LogP contribution in [0.3, 0.4) is 0 Å². The molecular weight excluding hydrogens is 256 g/mol. The number of hydrogen-bond acceptors (Lipinski definition) is 6. The maximum atomic E-state index is 11.5. The second-order valence-electron chi connectivity index (χ2n) is 3.93. The number of nitrogens with zero attached hydrogens (tertiary/aromatic N) is 2. The van der Waals surface area contributed by atoms with Crippen LogP contribution in [0.25, 0.3) is 0 Å². The number of amides is 1. The van der Waals surface area contributed by atoms with Crippen LogP contribution in [0.1, 0.15) is 26.2 Å². The molecule has 1 aromatic rings. The molecule has 5 nitrogen and oxygen atoms in total. The number of hydrogen-bond donors (Lipinski definition) is 2. The van der Waals surface area contributed by atoms with Gasteiger partial charge in [-0.15, -0.1) is 10.2 Å². The van der Waals surface area contributed by atoms with E-state index >= 15 is 0 Å². The number of nitrogens with one attached hydrogen (secondary N) is 2. The standard InChI is InChI=1S/C10H16N4OS2/c1-2-5-11-9-13-14-10(17-9)16-6-8(15)12-7-3-4-7/h7H,2-6H2,1H3,(H,11,13)(H,12,15). The fourth-order valence-electron chi connectivity index (χ4n) is 1.20. The number of aromatic nitrogens is 2. The zero-order chi connectivity index (χ0) is 12.1. The summed E-state index contributed by atoms with van der Waals surface area (Å²) in [6.07, 6.45) is 3.31. The first-order valence-corrected chi connectivity index (χ1v) is 7.57. The average Bonchev–Trinajstić information content (AvgIpc) is 3.01. The third-order valence-corrected chi connectivity index (χ3v) is 4.22. The summed E-state index contributed by atoms with van der Waals surface area (Å²) in [5.74, 6) is 0.523. The van der Waals surface area contributed by atoms with E-state index in [-0.39, 0.29) is 5.91 Å². The summed E-state index contributed by atoms with van der Waals surface area (Å²) in [7, 11) is 0. The van der Waals surface area contributed by atoms with Crippen LogP contribution in [0.5, 0.6) is 0 Å². The molecule has 1 fully saturated rings. The highest BCUT2D eigenvalue weighted by Gasteiger charge is 2.23. The Labute approximate surface area is 109 Å². The Morgan fingerprint density at radius 2 is 2.35 bits per heavy atom. The molecule has 2 N–H and O–H groups in total. The molecule has 0 spiro atoms. The highest BCUT2D eigenvalue weighted by atomic mass is 32.2. The first-order valence-electron chi connectivity index (χ1n) is 5.77. The molecule has 0 atom stereocenters. The number of thioether (sulfide) groups is 1. The Bertz CT molecular complexity index is 378. The molecule has 94 valence electrons. The van der Waals surface area contributed by atoms with E-state index < -0.39 is 0 Å². The fraction of sp³-hybridized carbons (Fsp3) is 0.700. The van der Waals surface area contributed by atoms with E-state index in [0.717, 1.165) is 35.3 Å². The normalized spacial score (nSPS) is 14.6. The fourth-order valence-corrected chi connectivity index (χ4v) is 2.78. The SMILES string of the molecule is CCCNc1nnc(SCC(=O)NC2CC2)s1. The second-order valence-corrected chi connectivity index (χ2v) is 6.13. The van der Waals surface area contributed by atoms with Crippen molar-refractivity contribution >= 4 is 34.1 Å². The van der Waals surface area contributed by atoms with Gasteiger partial charge in [-0.05, 0) is 19.3 Å². The van der Waals surface area contributed by atoms with Gasteiger partial charge in [0.25, 0.3) is 0 Å². The van der Waals surface area contributed by atoms with Gasteiger partial charge in [-0.2, -0.15) is 0 Å². The predicted octanol–water partition coefficient (Wildman–Crippen LogP) is 1.73. The van der Waals surface area contributed by atoms with Gasteiger partial charge in [-0.1, -0.05) is 30.0 Å². The number of anilines is 1. The Hall–Kier alpha value is -0.820. The largest absolute Gasteiger partial charge is 0.360 e. The van der Waals surface area contributed by atoms with Crippen molar-refractivity contribution in [1.82, 2.24) is 15.5 Å². The topological polar surface area (TPSA) is 66.9 Å². The molecule has 1 aliphatic rings. The summed E-state index contributed by atoms with van der Waals surface area (Å²) in [6, 6.07) is 0.430. The lowest BCUT2D eigenvalue weighted by atomic mass is 10.5. The molecule has 1 heterocycles. The zero-order valence-electron chi connectivity index (χ0n) is 9.73. The number of rotatable bonds is 7. The molecule has 0 aromatic carbocycles. The van der Waals surface area contributed by atoms with Crippen LogP contribution in [-0.2, 0) is 4.79 Å². The van der Waals surface area contributed by atoms with Crippen molar-refractivity contribution in [1.29, 1.82) is 0 Å². The van der Waals surface area contributed by atoms with Crippen molar-refractivity contribution in [3.63, 3.8) is 0 Å². The molecule has 0 bridgehead atoms. The van der Waals surface area contributed by atoms with Crippen molar-refractivity contribution < 1.29 is 4.79 Å². The molecule has 0 unspecified atom stereocenters. The van der Waals surface area contributed by atoms with E-state index in [2.05, 4.69) is 27.8 Å². The monoisotopic (exact) mass is 272 g/mol. The summed E-state index contributed by atoms with van der Waals surface area (Å²) >= 11 is 2.94. The van der Waals surface area contributed by atoms with Gasteiger partial charge in [-0.25, -0.2) is 0 Å². The van der Waals surface area contributed by atoms with E-state index in [1.165, 1.54) is 23.1 Å². The van der Waals surface area contributed by atoms with Gasteiger partial charge >= 0.3 is 0 Å². The minimum atomic E-state index is 0.0933. The first-order chi connectivity index (χ1) is 8.28. The summed E-state index contributed by atoms with van der Waals surface area (Å²) in [5, 5.41) is 15.0. The Morgan fingerprint density at radius 1 is 1.53 bits per heavy atom. The lowest BCUT2D eigenvalue weighted by molar-refractivity contribution is -0.118. The summed E-state index contributed by atoms with van der Waals surface area (Å²) < 4.78 is 0.842. The minimum Gasteiger partial charge on any atom is -0.360 e. The van der Waals surface area contributed by atoms with Gasteiger partial charge in [0.2, 0.25) is 11.0 Å². The zero-order valence-corrected chi connectivity index (χ0v) is 11.4. The van der Waals surface area contributed by atoms with Crippen LogP contribution in [0.4, 0.5) is 5.13 Å². The lowest BCUT2D eigenvalue weighted by Gasteiger charge is -2.00. The average molecular weight is 272 g/mol. The van der Waals surface area contributed by atoms with E-state index in [1.54, 1.807) is 0 Å². The quantitative estimate of drug-likeness (QED) is 0.740. The van der Waals surface area contributed by atoms with Gasteiger partial charge in [0, 0.05) is 12.6 Å². The Balaban J connectivity index is 1.70. The smallest absolute Gasteiger partial charge is 0.230 e. The van der Waals surface area contributed by atoms with Crippen LogP contribution in [0.2, 0.25) is 0 Å². The minimum absolute atomic E-state index is 0.0933. The molecule has 0 saturated heterocycles. The van der Waals surface area contributed by atoms with Crippen molar-refractivity contribution in [3.05, 3.63) is 0 Å². The molecule has 0 aliphatic heterocycles. The maximum absolute atomic E-state index is 11.5. The molecule has 0 radical (unpaired) electrons. The van der Waals surface area contributed by atoms with Crippen molar-refractivity contribution in [2.75, 3.05) is 17.6 Å². The third kappa shape index (κ3) is 4.51. The predicted molar refractivity (Wildman–Crippen MR) is 70.6 cm³/mol. The van der Waals surface area contributed by atoms with Crippen molar-refractivity contribution in [3.8, 4) is 0 Å². The lowest BCUT2D eigenvalue weighted by Crippen LogP contribution is -2.26. The van der Waals surface area contributed by atoms with Crippen LogP contribution >= 0.6 is 23.1 Å². The highest BCUT2D eigenvalue weighted by Crippen LogP contribution is 2.25. The second kappa shape index (κ2) is 6.20. The highest BCUT2D eigenvalue weighted by molar-refractivity contribution is 8.01. The van der Waals surface area contributed by atoms with E-state index in [1.807, 2.05) is 0 Å². The van der Waals surface area contributed by atoms with Crippen LogP contribution in [-0.4, -0.2) is 34.4 Å². The summed E-state index contributed by atoms with van der Waals surface area (Å²) in [6.45, 7) is 3.01. The number of carbonyl (C=O) groups excluding carboxylic acids is 1. The molecule has 7 heteroatoms. The van der Waals surface area contributed by atoms with Crippen molar-refractivity contribution in [2.45, 2.75) is 36.6 Å². The molecule has 1 amide bonds.